The average molecular weight is 228 g/mol. The first-order valence-corrected chi connectivity index (χ1v) is 4.39. The van der Waals surface area contributed by atoms with Gasteiger partial charge < -0.3 is 4.74 Å². The molecule has 62 valence electrons. The Morgan fingerprint density at radius 2 is 2.33 bits per heavy atom. The predicted molar refractivity (Wildman–Crippen MR) is 46.4 cm³/mol. The smallest absolute Gasteiger partial charge is 0.188 e. The van der Waals surface area contributed by atoms with E-state index in [2.05, 4.69) is 20.9 Å². The molecule has 2 rings (SSSR count). The van der Waals surface area contributed by atoms with Gasteiger partial charge in [0.25, 0.3) is 0 Å². The van der Waals surface area contributed by atoms with Crippen molar-refractivity contribution < 1.29 is 9.53 Å². The third kappa shape index (κ3) is 1.22. The Morgan fingerprint density at radius 1 is 1.50 bits per heavy atom. The average Bonchev–Trinajstić information content (AvgIpc) is 2.07. The van der Waals surface area contributed by atoms with Crippen molar-refractivity contribution in [1.29, 1.82) is 0 Å². The summed E-state index contributed by atoms with van der Waals surface area (Å²) >= 11 is 3.20. The highest BCUT2D eigenvalue weighted by molar-refractivity contribution is 9.10. The van der Waals surface area contributed by atoms with Crippen LogP contribution < -0.4 is 4.74 Å². The van der Waals surface area contributed by atoms with E-state index < -0.39 is 0 Å². The summed E-state index contributed by atoms with van der Waals surface area (Å²) in [6, 6.07) is 3.51. The number of ketones is 1. The molecular weight excluding hydrogens is 222 g/mol. The Kier molecular flexibility index (Phi) is 1.84. The van der Waals surface area contributed by atoms with Gasteiger partial charge in [0.1, 0.15) is 16.0 Å². The molecule has 0 unspecified atom stereocenters. The van der Waals surface area contributed by atoms with Gasteiger partial charge in [0, 0.05) is 6.42 Å². The molecule has 0 aromatic carbocycles. The number of fused-ring (bicyclic) bond motifs is 1. The van der Waals surface area contributed by atoms with E-state index in [0.29, 0.717) is 29.1 Å². The largest absolute Gasteiger partial charge is 0.491 e. The molecular formula is C8H6BrNO2. The van der Waals surface area contributed by atoms with Crippen molar-refractivity contribution in [3.05, 3.63) is 22.4 Å². The summed E-state index contributed by atoms with van der Waals surface area (Å²) in [4.78, 5) is 15.3. The number of rotatable bonds is 0. The second kappa shape index (κ2) is 2.86. The molecule has 12 heavy (non-hydrogen) atoms. The van der Waals surface area contributed by atoms with Crippen molar-refractivity contribution in [2.45, 2.75) is 6.42 Å². The van der Waals surface area contributed by atoms with Crippen LogP contribution in [-0.4, -0.2) is 17.4 Å². The predicted octanol–water partition coefficient (Wildman–Crippen LogP) is 1.81. The first-order valence-electron chi connectivity index (χ1n) is 3.60. The van der Waals surface area contributed by atoms with Crippen LogP contribution in [0.2, 0.25) is 0 Å². The number of carbonyl (C=O) groups is 1. The maximum absolute atomic E-state index is 11.3. The van der Waals surface area contributed by atoms with Crippen molar-refractivity contribution in [3.8, 4) is 5.75 Å². The van der Waals surface area contributed by atoms with Crippen LogP contribution in [0.4, 0.5) is 0 Å². The third-order valence-electron chi connectivity index (χ3n) is 1.68. The van der Waals surface area contributed by atoms with E-state index in [-0.39, 0.29) is 5.78 Å². The molecule has 0 amide bonds. The summed E-state index contributed by atoms with van der Waals surface area (Å²) in [5, 5.41) is 0. The van der Waals surface area contributed by atoms with E-state index in [9.17, 15) is 4.79 Å². The lowest BCUT2D eigenvalue weighted by Crippen LogP contribution is -2.16. The standard InChI is InChI=1S/C8H6BrNO2/c9-7-2-1-6-8(10-7)5(11)3-4-12-6/h1-2H,3-4H2. The molecule has 0 bridgehead atoms. The van der Waals surface area contributed by atoms with E-state index >= 15 is 0 Å². The summed E-state index contributed by atoms with van der Waals surface area (Å²) in [6.45, 7) is 0.467. The van der Waals surface area contributed by atoms with E-state index in [4.69, 9.17) is 4.74 Å². The summed E-state index contributed by atoms with van der Waals surface area (Å²) < 4.78 is 5.91. The fourth-order valence-electron chi connectivity index (χ4n) is 1.11. The molecule has 3 nitrogen and oxygen atoms in total. The number of nitrogens with zero attached hydrogens (tertiary/aromatic N) is 1. The summed E-state index contributed by atoms with van der Waals surface area (Å²) in [5.74, 6) is 0.645. The first kappa shape index (κ1) is 7.73. The highest BCUT2D eigenvalue weighted by Gasteiger charge is 2.19. The van der Waals surface area contributed by atoms with E-state index in [1.807, 2.05) is 0 Å². The Bertz CT molecular complexity index is 338. The monoisotopic (exact) mass is 227 g/mol. The van der Waals surface area contributed by atoms with Gasteiger partial charge in [0.2, 0.25) is 0 Å². The van der Waals surface area contributed by atoms with Crippen LogP contribution in [0.3, 0.4) is 0 Å². The maximum Gasteiger partial charge on any atom is 0.188 e. The molecule has 0 aliphatic carbocycles. The fourth-order valence-corrected chi connectivity index (χ4v) is 1.42. The number of aromatic nitrogens is 1. The van der Waals surface area contributed by atoms with Gasteiger partial charge in [-0.05, 0) is 28.1 Å². The van der Waals surface area contributed by atoms with Crippen molar-refractivity contribution in [2.24, 2.45) is 0 Å². The van der Waals surface area contributed by atoms with Crippen LogP contribution >= 0.6 is 15.9 Å². The van der Waals surface area contributed by atoms with Gasteiger partial charge in [-0.1, -0.05) is 0 Å². The number of Topliss-reactive ketones (excluding diaryl/α,β-unsaturated/α-hetero) is 1. The van der Waals surface area contributed by atoms with Crippen LogP contribution in [0.15, 0.2) is 16.7 Å². The SMILES string of the molecule is O=C1CCOc2ccc(Br)nc21. The van der Waals surface area contributed by atoms with Crippen LogP contribution in [0.5, 0.6) is 5.75 Å². The van der Waals surface area contributed by atoms with Crippen LogP contribution in [0.25, 0.3) is 0 Å². The van der Waals surface area contributed by atoms with Crippen LogP contribution in [0.1, 0.15) is 16.9 Å². The highest BCUT2D eigenvalue weighted by atomic mass is 79.9. The summed E-state index contributed by atoms with van der Waals surface area (Å²) in [5.41, 5.74) is 0.440. The quantitative estimate of drug-likeness (QED) is 0.635. The van der Waals surface area contributed by atoms with Gasteiger partial charge in [0.05, 0.1) is 6.61 Å². The molecule has 1 aromatic rings. The molecule has 1 aliphatic rings. The lowest BCUT2D eigenvalue weighted by Gasteiger charge is -2.14. The molecule has 1 aliphatic heterocycles. The summed E-state index contributed by atoms with van der Waals surface area (Å²) in [7, 11) is 0. The number of hydrogen-bond acceptors (Lipinski definition) is 3. The number of ether oxygens (including phenoxy) is 1. The zero-order valence-corrected chi connectivity index (χ0v) is 7.80. The number of halogens is 1. The Hall–Kier alpha value is -0.900. The first-order chi connectivity index (χ1) is 5.77. The number of hydrogen-bond donors (Lipinski definition) is 0. The van der Waals surface area contributed by atoms with E-state index in [0.717, 1.165) is 0 Å². The number of pyridine rings is 1. The molecule has 0 atom stereocenters. The lowest BCUT2D eigenvalue weighted by molar-refractivity contribution is 0.0926. The van der Waals surface area contributed by atoms with Gasteiger partial charge in [0.15, 0.2) is 5.78 Å². The van der Waals surface area contributed by atoms with Gasteiger partial charge >= 0.3 is 0 Å². The second-order valence-electron chi connectivity index (χ2n) is 2.50. The van der Waals surface area contributed by atoms with Crippen molar-refractivity contribution >= 4 is 21.7 Å². The molecule has 0 radical (unpaired) electrons. The summed E-state index contributed by atoms with van der Waals surface area (Å²) in [6.07, 6.45) is 0.427. The Balaban J connectivity index is 2.54. The molecule has 0 saturated heterocycles. The van der Waals surface area contributed by atoms with E-state index in [1.165, 1.54) is 0 Å². The van der Waals surface area contributed by atoms with Crippen molar-refractivity contribution in [2.75, 3.05) is 6.61 Å². The molecule has 0 fully saturated rings. The van der Waals surface area contributed by atoms with Gasteiger partial charge in [-0.3, -0.25) is 4.79 Å². The molecule has 4 heteroatoms. The zero-order valence-electron chi connectivity index (χ0n) is 6.21. The Labute approximate surface area is 77.9 Å². The normalized spacial score (nSPS) is 15.2. The molecule has 2 heterocycles. The molecule has 0 N–H and O–H groups in total. The maximum atomic E-state index is 11.3. The van der Waals surface area contributed by atoms with Crippen molar-refractivity contribution in [3.63, 3.8) is 0 Å². The zero-order chi connectivity index (χ0) is 8.55. The topological polar surface area (TPSA) is 39.2 Å². The van der Waals surface area contributed by atoms with Crippen LogP contribution in [-0.2, 0) is 0 Å². The van der Waals surface area contributed by atoms with Crippen molar-refractivity contribution in [1.82, 2.24) is 4.98 Å². The number of carbonyl (C=O) groups excluding carboxylic acids is 1. The molecule has 0 saturated carbocycles. The minimum Gasteiger partial charge on any atom is -0.491 e. The van der Waals surface area contributed by atoms with Gasteiger partial charge in [-0.2, -0.15) is 0 Å². The van der Waals surface area contributed by atoms with Crippen LogP contribution in [0, 0.1) is 0 Å². The van der Waals surface area contributed by atoms with E-state index in [1.54, 1.807) is 12.1 Å². The Morgan fingerprint density at radius 3 is 3.17 bits per heavy atom. The fraction of sp³-hybridized carbons (Fsp3) is 0.250. The molecule has 0 spiro atoms. The van der Waals surface area contributed by atoms with Gasteiger partial charge in [-0.15, -0.1) is 0 Å². The highest BCUT2D eigenvalue weighted by Crippen LogP contribution is 2.24. The third-order valence-corrected chi connectivity index (χ3v) is 2.12. The van der Waals surface area contributed by atoms with Gasteiger partial charge in [-0.25, -0.2) is 4.98 Å². The minimum absolute atomic E-state index is 0.0533. The second-order valence-corrected chi connectivity index (χ2v) is 3.31. The molecule has 1 aromatic heterocycles. The lowest BCUT2D eigenvalue weighted by atomic mass is 10.1. The minimum atomic E-state index is 0.0533.